The van der Waals surface area contributed by atoms with Crippen LogP contribution in [0.3, 0.4) is 0 Å². The van der Waals surface area contributed by atoms with E-state index in [4.69, 9.17) is 10.5 Å². The van der Waals surface area contributed by atoms with Crippen molar-refractivity contribution in [3.63, 3.8) is 0 Å². The van der Waals surface area contributed by atoms with Gasteiger partial charge in [-0.2, -0.15) is 0 Å². The Morgan fingerprint density at radius 1 is 0.967 bits per heavy atom. The lowest BCUT2D eigenvalue weighted by Gasteiger charge is -2.21. The van der Waals surface area contributed by atoms with E-state index in [0.717, 1.165) is 11.1 Å². The van der Waals surface area contributed by atoms with Crippen LogP contribution >= 0.6 is 0 Å². The van der Waals surface area contributed by atoms with E-state index in [1.165, 1.54) is 12.1 Å². The van der Waals surface area contributed by atoms with Crippen LogP contribution in [0.5, 0.6) is 5.75 Å². The highest BCUT2D eigenvalue weighted by atomic mass is 16.5. The number of nitrogens with two attached hydrogens (primary N) is 1. The molecule has 2 unspecified atom stereocenters. The number of hydrogen-bond acceptors (Lipinski definition) is 5. The Labute approximate surface area is 175 Å². The van der Waals surface area contributed by atoms with Gasteiger partial charge in [-0.15, -0.1) is 0 Å². The van der Waals surface area contributed by atoms with Gasteiger partial charge in [0.1, 0.15) is 24.4 Å². The Kier molecular flexibility index (Phi) is 8.68. The molecule has 0 aliphatic rings. The molecule has 0 saturated heterocycles. The fourth-order valence-corrected chi connectivity index (χ4v) is 2.83. The third kappa shape index (κ3) is 7.46. The molecule has 0 bridgehead atoms. The lowest BCUT2D eigenvalue weighted by atomic mass is 10.0. The maximum absolute atomic E-state index is 12.7. The predicted octanol–water partition coefficient (Wildman–Crippen LogP) is 2.00. The molecule has 160 valence electrons. The molecule has 2 aromatic rings. The quantitative estimate of drug-likeness (QED) is 0.473. The van der Waals surface area contributed by atoms with Crippen LogP contribution in [-0.2, 0) is 27.4 Å². The lowest BCUT2D eigenvalue weighted by molar-refractivity contribution is -0.128. The van der Waals surface area contributed by atoms with Crippen LogP contribution in [-0.4, -0.2) is 35.1 Å². The van der Waals surface area contributed by atoms with Crippen LogP contribution in [0.1, 0.15) is 30.9 Å². The van der Waals surface area contributed by atoms with Gasteiger partial charge in [0.15, 0.2) is 0 Å². The second kappa shape index (κ2) is 11.5. The highest BCUT2D eigenvalue weighted by Gasteiger charge is 2.25. The average molecular weight is 413 g/mol. The summed E-state index contributed by atoms with van der Waals surface area (Å²) in [5.74, 6) is -1.12. The summed E-state index contributed by atoms with van der Waals surface area (Å²) in [5.41, 5.74) is 6.98. The van der Waals surface area contributed by atoms with Crippen molar-refractivity contribution in [2.75, 3.05) is 0 Å². The van der Waals surface area contributed by atoms with Crippen molar-refractivity contribution in [1.29, 1.82) is 0 Å². The fraction of sp³-hybridized carbons (Fsp3) is 0.318. The first kappa shape index (κ1) is 22.7. The molecule has 0 saturated carbocycles. The Hall–Kier alpha value is -3.55. The maximum atomic E-state index is 12.7. The van der Waals surface area contributed by atoms with Gasteiger partial charge in [0.05, 0.1) is 0 Å². The Balaban J connectivity index is 1.95. The van der Waals surface area contributed by atoms with E-state index in [1.54, 1.807) is 12.1 Å². The Morgan fingerprint density at radius 3 is 2.23 bits per heavy atom. The number of phenolic OH excluding ortho intramolecular Hbond substituents is 1. The van der Waals surface area contributed by atoms with Gasteiger partial charge in [-0.3, -0.25) is 9.59 Å². The average Bonchev–Trinajstić information content (AvgIpc) is 2.73. The summed E-state index contributed by atoms with van der Waals surface area (Å²) in [7, 11) is 0. The molecular formula is C22H27N3O5. The van der Waals surface area contributed by atoms with Gasteiger partial charge in [0, 0.05) is 6.42 Å². The number of phenols is 1. The molecule has 8 heteroatoms. The van der Waals surface area contributed by atoms with Crippen molar-refractivity contribution in [2.45, 2.75) is 44.9 Å². The lowest BCUT2D eigenvalue weighted by Crippen LogP contribution is -2.53. The SMILES string of the molecule is CCCC(NC(=O)OCc1ccccc1)C(=O)NC(Cc1ccc(O)cc1)C(N)=O. The minimum absolute atomic E-state index is 0.0813. The van der Waals surface area contributed by atoms with Gasteiger partial charge >= 0.3 is 6.09 Å². The van der Waals surface area contributed by atoms with E-state index in [2.05, 4.69) is 10.6 Å². The van der Waals surface area contributed by atoms with Crippen LogP contribution in [0, 0.1) is 0 Å². The normalized spacial score (nSPS) is 12.4. The standard InChI is InChI=1S/C22H27N3O5/c1-2-6-18(25-22(29)30-14-16-7-4-3-5-8-16)21(28)24-19(20(23)27)13-15-9-11-17(26)12-10-15/h3-5,7-12,18-19,26H,2,6,13-14H2,1H3,(H2,23,27)(H,24,28)(H,25,29). The Bertz CT molecular complexity index is 840. The number of carbonyl (C=O) groups excluding carboxylic acids is 3. The molecule has 30 heavy (non-hydrogen) atoms. The first-order chi connectivity index (χ1) is 14.4. The third-order valence-corrected chi connectivity index (χ3v) is 4.43. The first-order valence-electron chi connectivity index (χ1n) is 9.73. The zero-order chi connectivity index (χ0) is 21.9. The molecule has 0 aliphatic heterocycles. The van der Waals surface area contributed by atoms with E-state index in [1.807, 2.05) is 37.3 Å². The summed E-state index contributed by atoms with van der Waals surface area (Å²) in [5, 5.41) is 14.5. The summed E-state index contributed by atoms with van der Waals surface area (Å²) in [6.45, 7) is 1.96. The van der Waals surface area contributed by atoms with Crippen LogP contribution in [0.4, 0.5) is 4.79 Å². The smallest absolute Gasteiger partial charge is 0.408 e. The number of rotatable bonds is 10. The van der Waals surface area contributed by atoms with E-state index >= 15 is 0 Å². The minimum Gasteiger partial charge on any atom is -0.508 e. The van der Waals surface area contributed by atoms with Gasteiger partial charge in [0.25, 0.3) is 0 Å². The number of aromatic hydroxyl groups is 1. The van der Waals surface area contributed by atoms with Crippen LogP contribution in [0.25, 0.3) is 0 Å². The highest BCUT2D eigenvalue weighted by Crippen LogP contribution is 2.11. The second-order valence-corrected chi connectivity index (χ2v) is 6.88. The Morgan fingerprint density at radius 2 is 1.63 bits per heavy atom. The molecule has 2 rings (SSSR count). The van der Waals surface area contributed by atoms with Crippen LogP contribution in [0.15, 0.2) is 54.6 Å². The summed E-state index contributed by atoms with van der Waals surface area (Å²) >= 11 is 0. The molecule has 0 aromatic heterocycles. The number of ether oxygens (including phenoxy) is 1. The van der Waals surface area contributed by atoms with Crippen LogP contribution < -0.4 is 16.4 Å². The van der Waals surface area contributed by atoms with E-state index in [9.17, 15) is 19.5 Å². The maximum Gasteiger partial charge on any atom is 0.408 e. The monoisotopic (exact) mass is 413 g/mol. The zero-order valence-corrected chi connectivity index (χ0v) is 16.8. The topological polar surface area (TPSA) is 131 Å². The summed E-state index contributed by atoms with van der Waals surface area (Å²) in [4.78, 5) is 36.6. The van der Waals surface area contributed by atoms with Crippen molar-refractivity contribution >= 4 is 17.9 Å². The second-order valence-electron chi connectivity index (χ2n) is 6.88. The van der Waals surface area contributed by atoms with Crippen molar-refractivity contribution in [1.82, 2.24) is 10.6 Å². The molecule has 0 spiro atoms. The molecule has 5 N–H and O–H groups in total. The summed E-state index contributed by atoms with van der Waals surface area (Å²) in [6, 6.07) is 13.6. The van der Waals surface area contributed by atoms with E-state index < -0.39 is 30.0 Å². The number of nitrogens with one attached hydrogen (secondary N) is 2. The summed E-state index contributed by atoms with van der Waals surface area (Å²) < 4.78 is 5.17. The molecule has 8 nitrogen and oxygen atoms in total. The highest BCUT2D eigenvalue weighted by molar-refractivity contribution is 5.90. The molecule has 0 fully saturated rings. The molecule has 3 amide bonds. The molecule has 0 aliphatic carbocycles. The van der Waals surface area contributed by atoms with Crippen molar-refractivity contribution < 1.29 is 24.2 Å². The fourth-order valence-electron chi connectivity index (χ4n) is 2.83. The number of hydrogen-bond donors (Lipinski definition) is 4. The van der Waals surface area contributed by atoms with Gasteiger partial charge in [-0.05, 0) is 29.7 Å². The van der Waals surface area contributed by atoms with Crippen molar-refractivity contribution in [3.05, 3.63) is 65.7 Å². The summed E-state index contributed by atoms with van der Waals surface area (Å²) in [6.07, 6.45) is 0.452. The number of alkyl carbamates (subject to hydrolysis) is 1. The molecule has 2 aromatic carbocycles. The predicted molar refractivity (Wildman–Crippen MR) is 111 cm³/mol. The molecule has 0 heterocycles. The molecular weight excluding hydrogens is 386 g/mol. The van der Waals surface area contributed by atoms with Crippen LogP contribution in [0.2, 0.25) is 0 Å². The van der Waals surface area contributed by atoms with Gasteiger partial charge in [0.2, 0.25) is 11.8 Å². The van der Waals surface area contributed by atoms with Gasteiger partial charge in [-0.1, -0.05) is 55.8 Å². The molecule has 2 atom stereocenters. The largest absolute Gasteiger partial charge is 0.508 e. The van der Waals surface area contributed by atoms with Crippen molar-refractivity contribution in [3.8, 4) is 5.75 Å². The van der Waals surface area contributed by atoms with E-state index in [0.29, 0.717) is 12.8 Å². The van der Waals surface area contributed by atoms with Gasteiger partial charge < -0.3 is 26.2 Å². The number of carbonyl (C=O) groups is 3. The minimum atomic E-state index is -0.955. The van der Waals surface area contributed by atoms with Gasteiger partial charge in [-0.25, -0.2) is 4.79 Å². The number of primary amides is 1. The van der Waals surface area contributed by atoms with E-state index in [-0.39, 0.29) is 18.8 Å². The zero-order valence-electron chi connectivity index (χ0n) is 16.8. The van der Waals surface area contributed by atoms with Crippen molar-refractivity contribution in [2.24, 2.45) is 5.73 Å². The third-order valence-electron chi connectivity index (χ3n) is 4.43. The number of benzene rings is 2. The molecule has 0 radical (unpaired) electrons. The number of amides is 3. The first-order valence-corrected chi connectivity index (χ1v) is 9.73.